The largest absolute Gasteiger partial charge is 0.480 e. The molecule has 2 amide bonds. The Hall–Kier alpha value is -0.950. The van der Waals surface area contributed by atoms with Gasteiger partial charge in [0.1, 0.15) is 6.04 Å². The number of carbonyl (C=O) groups is 2. The Labute approximate surface area is 116 Å². The second-order valence-corrected chi connectivity index (χ2v) is 6.57. The quantitative estimate of drug-likeness (QED) is 0.701. The number of hydrogen-bond acceptors (Lipinski definition) is 4. The molecule has 2 aliphatic rings. The first-order chi connectivity index (χ1) is 8.97. The molecule has 108 valence electrons. The maximum atomic E-state index is 12.0. The van der Waals surface area contributed by atoms with Crippen molar-refractivity contribution in [3.8, 4) is 0 Å². The van der Waals surface area contributed by atoms with Crippen molar-refractivity contribution in [3.63, 3.8) is 0 Å². The highest BCUT2D eigenvalue weighted by atomic mass is 32.2. The van der Waals surface area contributed by atoms with Crippen molar-refractivity contribution in [1.29, 1.82) is 0 Å². The SMILES string of the molecule is CSC1(CNC(=O)N2C[C@H](O)C[C@H]2C(=O)O)CCC1. The second kappa shape index (κ2) is 5.58. The maximum absolute atomic E-state index is 12.0. The van der Waals surface area contributed by atoms with Crippen LogP contribution in [0, 0.1) is 0 Å². The number of β-amino-alcohol motifs (C(OH)–C–C–N with tert-alkyl or cyclic N) is 1. The minimum atomic E-state index is -1.06. The van der Waals surface area contributed by atoms with E-state index in [1.807, 2.05) is 6.26 Å². The fourth-order valence-corrected chi connectivity index (χ4v) is 3.55. The number of likely N-dealkylation sites (tertiary alicyclic amines) is 1. The topological polar surface area (TPSA) is 89.9 Å². The number of aliphatic carboxylic acids is 1. The van der Waals surface area contributed by atoms with E-state index < -0.39 is 18.1 Å². The molecule has 2 atom stereocenters. The molecule has 0 aromatic rings. The molecule has 1 heterocycles. The highest BCUT2D eigenvalue weighted by Gasteiger charge is 2.41. The Morgan fingerprint density at radius 3 is 2.63 bits per heavy atom. The van der Waals surface area contributed by atoms with Crippen LogP contribution in [-0.2, 0) is 4.79 Å². The lowest BCUT2D eigenvalue weighted by Gasteiger charge is -2.40. The zero-order valence-corrected chi connectivity index (χ0v) is 11.8. The molecule has 3 N–H and O–H groups in total. The smallest absolute Gasteiger partial charge is 0.326 e. The van der Waals surface area contributed by atoms with Crippen molar-refractivity contribution in [1.82, 2.24) is 10.2 Å². The molecule has 0 aromatic heterocycles. The number of aliphatic hydroxyl groups excluding tert-OH is 1. The van der Waals surface area contributed by atoms with Crippen molar-refractivity contribution < 1.29 is 19.8 Å². The molecule has 7 heteroatoms. The normalized spacial score (nSPS) is 28.8. The third-order valence-electron chi connectivity index (χ3n) is 4.08. The predicted molar refractivity (Wildman–Crippen MR) is 72.2 cm³/mol. The van der Waals surface area contributed by atoms with Crippen molar-refractivity contribution in [2.45, 2.75) is 42.6 Å². The van der Waals surface area contributed by atoms with Crippen molar-refractivity contribution in [3.05, 3.63) is 0 Å². The Morgan fingerprint density at radius 2 is 2.16 bits per heavy atom. The van der Waals surface area contributed by atoms with Gasteiger partial charge in [-0.25, -0.2) is 9.59 Å². The van der Waals surface area contributed by atoms with E-state index in [-0.39, 0.29) is 23.7 Å². The molecular formula is C12H20N2O4S. The highest BCUT2D eigenvalue weighted by Crippen LogP contribution is 2.42. The third-order valence-corrected chi connectivity index (χ3v) is 5.50. The molecule has 1 saturated heterocycles. The van der Waals surface area contributed by atoms with Gasteiger partial charge in [0.2, 0.25) is 0 Å². The van der Waals surface area contributed by atoms with Gasteiger partial charge < -0.3 is 20.4 Å². The Bertz CT molecular complexity index is 367. The molecule has 1 aliphatic carbocycles. The van der Waals surface area contributed by atoms with E-state index >= 15 is 0 Å². The van der Waals surface area contributed by atoms with Gasteiger partial charge in [-0.2, -0.15) is 11.8 Å². The molecule has 0 aromatic carbocycles. The standard InChI is InChI=1S/C12H20N2O4S/c1-19-12(3-2-4-12)7-13-11(18)14-6-8(15)5-9(14)10(16)17/h8-9,15H,2-7H2,1H3,(H,13,18)(H,16,17)/t8-,9+/m1/s1. The molecule has 0 radical (unpaired) electrons. The lowest BCUT2D eigenvalue weighted by Crippen LogP contribution is -2.51. The monoisotopic (exact) mass is 288 g/mol. The zero-order valence-electron chi connectivity index (χ0n) is 11.0. The van der Waals surface area contributed by atoms with Crippen molar-refractivity contribution in [2.75, 3.05) is 19.3 Å². The van der Waals surface area contributed by atoms with Crippen LogP contribution in [0.2, 0.25) is 0 Å². The predicted octanol–water partition coefficient (Wildman–Crippen LogP) is 0.501. The Balaban J connectivity index is 1.90. The third kappa shape index (κ3) is 2.97. The average molecular weight is 288 g/mol. The lowest BCUT2D eigenvalue weighted by atomic mass is 9.84. The molecule has 1 aliphatic heterocycles. The van der Waals surface area contributed by atoms with Crippen molar-refractivity contribution >= 4 is 23.8 Å². The molecule has 2 fully saturated rings. The maximum Gasteiger partial charge on any atom is 0.326 e. The van der Waals surface area contributed by atoms with Gasteiger partial charge in [-0.3, -0.25) is 0 Å². The molecule has 1 saturated carbocycles. The van der Waals surface area contributed by atoms with Crippen LogP contribution >= 0.6 is 11.8 Å². The Kier molecular flexibility index (Phi) is 4.25. The first-order valence-electron chi connectivity index (χ1n) is 6.48. The minimum Gasteiger partial charge on any atom is -0.480 e. The fourth-order valence-electron chi connectivity index (χ4n) is 2.63. The number of carbonyl (C=O) groups excluding carboxylic acids is 1. The number of nitrogens with zero attached hydrogens (tertiary/aromatic N) is 1. The summed E-state index contributed by atoms with van der Waals surface area (Å²) in [5.41, 5.74) is 0. The zero-order chi connectivity index (χ0) is 14.0. The summed E-state index contributed by atoms with van der Waals surface area (Å²) in [6.45, 7) is 0.654. The van der Waals surface area contributed by atoms with Crippen LogP contribution in [0.3, 0.4) is 0 Å². The van der Waals surface area contributed by atoms with E-state index in [9.17, 15) is 14.7 Å². The van der Waals surface area contributed by atoms with E-state index in [4.69, 9.17) is 5.11 Å². The summed E-state index contributed by atoms with van der Waals surface area (Å²) in [7, 11) is 0. The summed E-state index contributed by atoms with van der Waals surface area (Å²) in [5.74, 6) is -1.06. The summed E-state index contributed by atoms with van der Waals surface area (Å²) in [4.78, 5) is 24.3. The summed E-state index contributed by atoms with van der Waals surface area (Å²) < 4.78 is 0.118. The molecular weight excluding hydrogens is 268 g/mol. The van der Waals surface area contributed by atoms with Gasteiger partial charge in [0.25, 0.3) is 0 Å². The van der Waals surface area contributed by atoms with E-state index in [2.05, 4.69) is 5.32 Å². The number of carboxylic acids is 1. The van der Waals surface area contributed by atoms with Gasteiger partial charge in [-0.05, 0) is 19.1 Å². The molecule has 0 unspecified atom stereocenters. The molecule has 2 rings (SSSR count). The molecule has 0 bridgehead atoms. The summed E-state index contributed by atoms with van der Waals surface area (Å²) in [6.07, 6.45) is 4.74. The van der Waals surface area contributed by atoms with E-state index in [0.717, 1.165) is 12.8 Å². The lowest BCUT2D eigenvalue weighted by molar-refractivity contribution is -0.141. The first-order valence-corrected chi connectivity index (χ1v) is 7.70. The minimum absolute atomic E-state index is 0.0923. The van der Waals surface area contributed by atoms with Crippen LogP contribution in [0.4, 0.5) is 4.79 Å². The Morgan fingerprint density at radius 1 is 1.47 bits per heavy atom. The highest BCUT2D eigenvalue weighted by molar-refractivity contribution is 8.00. The number of hydrogen-bond donors (Lipinski definition) is 3. The summed E-state index contributed by atoms with van der Waals surface area (Å²) in [5, 5.41) is 21.4. The van der Waals surface area contributed by atoms with Crippen LogP contribution in [0.25, 0.3) is 0 Å². The van der Waals surface area contributed by atoms with Crippen LogP contribution in [0.1, 0.15) is 25.7 Å². The van der Waals surface area contributed by atoms with Crippen LogP contribution in [0.5, 0.6) is 0 Å². The van der Waals surface area contributed by atoms with Crippen LogP contribution in [0.15, 0.2) is 0 Å². The first kappa shape index (κ1) is 14.5. The van der Waals surface area contributed by atoms with Gasteiger partial charge in [-0.15, -0.1) is 0 Å². The van der Waals surface area contributed by atoms with E-state index in [1.54, 1.807) is 11.8 Å². The van der Waals surface area contributed by atoms with Crippen molar-refractivity contribution in [2.24, 2.45) is 0 Å². The van der Waals surface area contributed by atoms with Gasteiger partial charge in [0.15, 0.2) is 0 Å². The number of urea groups is 1. The summed E-state index contributed by atoms with van der Waals surface area (Å²) >= 11 is 1.75. The summed E-state index contributed by atoms with van der Waals surface area (Å²) in [6, 6.07) is -1.30. The number of carboxylic acid groups (broad SMARTS) is 1. The van der Waals surface area contributed by atoms with Gasteiger partial charge in [-0.1, -0.05) is 6.42 Å². The van der Waals surface area contributed by atoms with Gasteiger partial charge >= 0.3 is 12.0 Å². The number of rotatable bonds is 4. The van der Waals surface area contributed by atoms with Crippen LogP contribution in [-0.4, -0.2) is 63.4 Å². The van der Waals surface area contributed by atoms with Gasteiger partial charge in [0, 0.05) is 24.3 Å². The molecule has 6 nitrogen and oxygen atoms in total. The molecule has 19 heavy (non-hydrogen) atoms. The van der Waals surface area contributed by atoms with Gasteiger partial charge in [0.05, 0.1) is 6.10 Å². The fraction of sp³-hybridized carbons (Fsp3) is 0.833. The van der Waals surface area contributed by atoms with E-state index in [1.165, 1.54) is 11.3 Å². The number of aliphatic hydroxyl groups is 1. The number of amides is 2. The number of nitrogens with one attached hydrogen (secondary N) is 1. The second-order valence-electron chi connectivity index (χ2n) is 5.30. The average Bonchev–Trinajstić information content (AvgIpc) is 2.70. The number of thioether (sulfide) groups is 1. The van der Waals surface area contributed by atoms with E-state index in [0.29, 0.717) is 6.54 Å². The van der Waals surface area contributed by atoms with Crippen LogP contribution < -0.4 is 5.32 Å². The molecule has 0 spiro atoms.